The Labute approximate surface area is 217 Å². The Bertz CT molecular complexity index is 1560. The highest BCUT2D eigenvalue weighted by molar-refractivity contribution is 6.14. The molecule has 0 unspecified atom stereocenters. The molecule has 4 heterocycles. The number of hydrogen-bond donors (Lipinski definition) is 1. The molecule has 12 heteroatoms. The van der Waals surface area contributed by atoms with Crippen LogP contribution in [0.3, 0.4) is 0 Å². The molecule has 1 saturated heterocycles. The summed E-state index contributed by atoms with van der Waals surface area (Å²) < 4.78 is 38.5. The fourth-order valence-electron chi connectivity index (χ4n) is 4.62. The van der Waals surface area contributed by atoms with Crippen molar-refractivity contribution in [2.45, 2.75) is 33.3 Å². The van der Waals surface area contributed by atoms with E-state index in [2.05, 4.69) is 15.4 Å². The van der Waals surface area contributed by atoms with E-state index in [1.54, 1.807) is 31.3 Å². The van der Waals surface area contributed by atoms with Gasteiger partial charge in [0.15, 0.2) is 11.5 Å². The lowest BCUT2D eigenvalue weighted by atomic mass is 10.1. The Balaban J connectivity index is 1.41. The molecular formula is C26H29F2N7O3. The molecule has 1 fully saturated rings. The summed E-state index contributed by atoms with van der Waals surface area (Å²) in [6, 6.07) is 2.46. The number of amides is 2. The van der Waals surface area contributed by atoms with Gasteiger partial charge in [-0.15, -0.1) is 0 Å². The number of rotatable bonds is 3. The number of hydrogen-bond acceptors (Lipinski definition) is 6. The average Bonchev–Trinajstić information content (AvgIpc) is 3.39. The molecular weight excluding hydrogens is 496 g/mol. The fraction of sp³-hybridized carbons (Fsp3) is 0.385. The van der Waals surface area contributed by atoms with Crippen LogP contribution < -0.4 is 10.2 Å². The number of benzene rings is 1. The largest absolute Gasteiger partial charge is 0.444 e. The molecule has 5 rings (SSSR count). The van der Waals surface area contributed by atoms with Gasteiger partial charge in [0, 0.05) is 63.3 Å². The molecule has 0 atom stereocenters. The van der Waals surface area contributed by atoms with Gasteiger partial charge in [-0.3, -0.25) is 9.48 Å². The molecule has 2 amide bonds. The van der Waals surface area contributed by atoms with Crippen LogP contribution in [0.1, 0.15) is 36.8 Å². The monoisotopic (exact) mass is 525 g/mol. The van der Waals surface area contributed by atoms with Gasteiger partial charge in [0.25, 0.3) is 5.91 Å². The molecule has 0 saturated carbocycles. The number of aryl methyl sites for hydroxylation is 2. The van der Waals surface area contributed by atoms with Crippen molar-refractivity contribution >= 4 is 39.9 Å². The third-order valence-electron chi connectivity index (χ3n) is 6.23. The van der Waals surface area contributed by atoms with E-state index < -0.39 is 23.1 Å². The van der Waals surface area contributed by atoms with Crippen LogP contribution in [0.15, 0.2) is 30.7 Å². The molecule has 0 bridgehead atoms. The summed E-state index contributed by atoms with van der Waals surface area (Å²) in [5.74, 6) is -2.11. The summed E-state index contributed by atoms with van der Waals surface area (Å²) in [7, 11) is 1.69. The van der Waals surface area contributed by atoms with Gasteiger partial charge < -0.3 is 24.3 Å². The van der Waals surface area contributed by atoms with Crippen molar-refractivity contribution in [1.82, 2.24) is 24.1 Å². The van der Waals surface area contributed by atoms with Crippen molar-refractivity contribution in [3.05, 3.63) is 53.6 Å². The number of fused-ring (bicyclic) bond motifs is 2. The van der Waals surface area contributed by atoms with Gasteiger partial charge in [-0.05, 0) is 33.8 Å². The van der Waals surface area contributed by atoms with Gasteiger partial charge in [-0.1, -0.05) is 0 Å². The first-order valence-corrected chi connectivity index (χ1v) is 12.2. The quantitative estimate of drug-likeness (QED) is 0.432. The molecule has 0 spiro atoms. The second kappa shape index (κ2) is 9.26. The first-order valence-electron chi connectivity index (χ1n) is 12.2. The van der Waals surface area contributed by atoms with Crippen molar-refractivity contribution in [3.8, 4) is 0 Å². The molecule has 1 aliphatic rings. The number of ether oxygens (including phenoxy) is 1. The van der Waals surface area contributed by atoms with Crippen molar-refractivity contribution in [2.24, 2.45) is 7.05 Å². The van der Waals surface area contributed by atoms with Crippen LogP contribution in [-0.4, -0.2) is 67.8 Å². The standard InChI is InChI=1S/C26H29F2N7O3/c1-15-12-35-13-16(10-19(28)23(35)29-15)30-24(36)21-18(27)11-20(17-14-32(5)31-22(17)21)33-6-8-34(9-7-33)25(37)38-26(2,3)4/h10-14H,6-9H2,1-5H3,(H,30,36). The Morgan fingerprint density at radius 3 is 2.42 bits per heavy atom. The molecule has 4 aromatic rings. The molecule has 1 aliphatic heterocycles. The van der Waals surface area contributed by atoms with Crippen LogP contribution in [0.5, 0.6) is 0 Å². The Morgan fingerprint density at radius 1 is 1.03 bits per heavy atom. The summed E-state index contributed by atoms with van der Waals surface area (Å²) in [5, 5.41) is 7.55. The molecule has 1 N–H and O–H groups in total. The molecule has 10 nitrogen and oxygen atoms in total. The van der Waals surface area contributed by atoms with Gasteiger partial charge in [0.2, 0.25) is 0 Å². The number of anilines is 2. The zero-order valence-electron chi connectivity index (χ0n) is 21.9. The number of pyridine rings is 1. The lowest BCUT2D eigenvalue weighted by molar-refractivity contribution is 0.0240. The summed E-state index contributed by atoms with van der Waals surface area (Å²) >= 11 is 0. The number of aromatic nitrogens is 4. The number of nitrogens with one attached hydrogen (secondary N) is 1. The van der Waals surface area contributed by atoms with E-state index in [0.717, 1.165) is 6.07 Å². The van der Waals surface area contributed by atoms with Crippen LogP contribution in [0.4, 0.5) is 25.0 Å². The Kier molecular flexibility index (Phi) is 6.20. The number of carbonyl (C=O) groups excluding carboxylic acids is 2. The average molecular weight is 526 g/mol. The molecule has 38 heavy (non-hydrogen) atoms. The minimum Gasteiger partial charge on any atom is -0.444 e. The van der Waals surface area contributed by atoms with E-state index in [-0.39, 0.29) is 28.5 Å². The van der Waals surface area contributed by atoms with Crippen molar-refractivity contribution in [1.29, 1.82) is 0 Å². The first-order chi connectivity index (χ1) is 17.9. The van der Waals surface area contributed by atoms with E-state index in [1.807, 2.05) is 25.7 Å². The lowest BCUT2D eigenvalue weighted by Gasteiger charge is -2.37. The number of piperazine rings is 1. The maximum absolute atomic E-state index is 15.5. The van der Waals surface area contributed by atoms with E-state index >= 15 is 4.39 Å². The number of halogens is 2. The normalized spacial score (nSPS) is 14.4. The molecule has 3 aromatic heterocycles. The predicted molar refractivity (Wildman–Crippen MR) is 139 cm³/mol. The predicted octanol–water partition coefficient (Wildman–Crippen LogP) is 4.12. The lowest BCUT2D eigenvalue weighted by Crippen LogP contribution is -2.50. The van der Waals surface area contributed by atoms with E-state index in [0.29, 0.717) is 42.9 Å². The Hall–Kier alpha value is -4.22. The summed E-state index contributed by atoms with van der Waals surface area (Å²) in [5.41, 5.74) is 0.848. The number of imidazole rings is 1. The summed E-state index contributed by atoms with van der Waals surface area (Å²) in [4.78, 5) is 33.3. The minimum absolute atomic E-state index is 0.134. The van der Waals surface area contributed by atoms with E-state index in [1.165, 1.54) is 21.3 Å². The van der Waals surface area contributed by atoms with Gasteiger partial charge >= 0.3 is 6.09 Å². The van der Waals surface area contributed by atoms with Gasteiger partial charge in [-0.2, -0.15) is 5.10 Å². The molecule has 1 aromatic carbocycles. The highest BCUT2D eigenvalue weighted by Crippen LogP contribution is 2.32. The molecule has 0 aliphatic carbocycles. The molecule has 0 radical (unpaired) electrons. The zero-order valence-corrected chi connectivity index (χ0v) is 21.9. The zero-order chi connectivity index (χ0) is 27.4. The minimum atomic E-state index is -0.752. The smallest absolute Gasteiger partial charge is 0.410 e. The Morgan fingerprint density at radius 2 is 1.74 bits per heavy atom. The maximum Gasteiger partial charge on any atom is 0.410 e. The summed E-state index contributed by atoms with van der Waals surface area (Å²) in [6.07, 6.45) is 4.48. The summed E-state index contributed by atoms with van der Waals surface area (Å²) in [6.45, 7) is 8.90. The van der Waals surface area contributed by atoms with Gasteiger partial charge in [0.1, 0.15) is 22.5 Å². The third-order valence-corrected chi connectivity index (χ3v) is 6.23. The fourth-order valence-corrected chi connectivity index (χ4v) is 4.62. The third kappa shape index (κ3) is 4.85. The first kappa shape index (κ1) is 25.4. The van der Waals surface area contributed by atoms with Crippen LogP contribution in [0, 0.1) is 18.6 Å². The second-order valence-corrected chi connectivity index (χ2v) is 10.4. The van der Waals surface area contributed by atoms with Crippen LogP contribution in [0.2, 0.25) is 0 Å². The van der Waals surface area contributed by atoms with E-state index in [9.17, 15) is 14.0 Å². The highest BCUT2D eigenvalue weighted by atomic mass is 19.1. The number of nitrogens with zero attached hydrogens (tertiary/aromatic N) is 6. The number of carbonyl (C=O) groups is 2. The van der Waals surface area contributed by atoms with E-state index in [4.69, 9.17) is 4.74 Å². The molecule has 200 valence electrons. The second-order valence-electron chi connectivity index (χ2n) is 10.4. The van der Waals surface area contributed by atoms with Gasteiger partial charge in [0.05, 0.1) is 17.1 Å². The van der Waals surface area contributed by atoms with Crippen LogP contribution >= 0.6 is 0 Å². The van der Waals surface area contributed by atoms with Crippen molar-refractivity contribution in [3.63, 3.8) is 0 Å². The van der Waals surface area contributed by atoms with Crippen LogP contribution in [0.25, 0.3) is 16.6 Å². The van der Waals surface area contributed by atoms with Crippen molar-refractivity contribution < 1.29 is 23.1 Å². The topological polar surface area (TPSA) is 97.0 Å². The highest BCUT2D eigenvalue weighted by Gasteiger charge is 2.29. The maximum atomic E-state index is 15.5. The van der Waals surface area contributed by atoms with Crippen LogP contribution in [-0.2, 0) is 11.8 Å². The van der Waals surface area contributed by atoms with Crippen molar-refractivity contribution in [2.75, 3.05) is 36.4 Å². The van der Waals surface area contributed by atoms with Gasteiger partial charge in [-0.25, -0.2) is 18.6 Å². The SMILES string of the molecule is Cc1cn2cc(NC(=O)c3c(F)cc(N4CCN(C(=O)OC(C)(C)C)CC4)c4cn(C)nc34)cc(F)c2n1.